The van der Waals surface area contributed by atoms with Crippen molar-refractivity contribution in [3.8, 4) is 0 Å². The summed E-state index contributed by atoms with van der Waals surface area (Å²) >= 11 is 2.04. The summed E-state index contributed by atoms with van der Waals surface area (Å²) in [5, 5.41) is 3.33. The predicted octanol–water partition coefficient (Wildman–Crippen LogP) is 1.76. The maximum atomic E-state index is 5.00. The number of hydrogen-bond donors (Lipinski definition) is 1. The van der Waals surface area contributed by atoms with Crippen LogP contribution in [-0.2, 0) is 11.3 Å². The first-order valence-corrected chi connectivity index (χ1v) is 8.03. The van der Waals surface area contributed by atoms with Gasteiger partial charge in [-0.05, 0) is 23.8 Å². The Balaban J connectivity index is 1.83. The Bertz CT molecular complexity index is 350. The van der Waals surface area contributed by atoms with Crippen molar-refractivity contribution in [1.29, 1.82) is 0 Å². The molecule has 2 rings (SSSR count). The van der Waals surface area contributed by atoms with Crippen molar-refractivity contribution >= 4 is 17.6 Å². The molecule has 0 aliphatic carbocycles. The molecule has 0 aromatic carbocycles. The van der Waals surface area contributed by atoms with Gasteiger partial charge in [-0.2, -0.15) is 11.8 Å². The summed E-state index contributed by atoms with van der Waals surface area (Å²) < 4.78 is 5.00. The van der Waals surface area contributed by atoms with Crippen LogP contribution in [0.3, 0.4) is 0 Å². The van der Waals surface area contributed by atoms with Crippen LogP contribution < -0.4 is 10.2 Å². The topological polar surface area (TPSA) is 37.4 Å². The van der Waals surface area contributed by atoms with E-state index >= 15 is 0 Å². The van der Waals surface area contributed by atoms with Gasteiger partial charge >= 0.3 is 0 Å². The van der Waals surface area contributed by atoms with Gasteiger partial charge in [-0.3, -0.25) is 0 Å². The van der Waals surface area contributed by atoms with Crippen LogP contribution in [-0.4, -0.2) is 49.8 Å². The third-order valence-corrected chi connectivity index (χ3v) is 4.22. The van der Waals surface area contributed by atoms with Gasteiger partial charge in [0.1, 0.15) is 5.82 Å². The van der Waals surface area contributed by atoms with Gasteiger partial charge in [-0.1, -0.05) is 6.07 Å². The Morgan fingerprint density at radius 1 is 1.37 bits per heavy atom. The lowest BCUT2D eigenvalue weighted by Crippen LogP contribution is -2.26. The highest BCUT2D eigenvalue weighted by Crippen LogP contribution is 2.17. The lowest BCUT2D eigenvalue weighted by atomic mass is 10.2. The molecule has 1 aromatic heterocycles. The molecule has 0 amide bonds. The van der Waals surface area contributed by atoms with Crippen LogP contribution in [0.1, 0.15) is 12.0 Å². The Morgan fingerprint density at radius 3 is 3.11 bits per heavy atom. The normalized spacial score (nSPS) is 16.4. The second kappa shape index (κ2) is 8.40. The number of pyridine rings is 1. The molecule has 0 bridgehead atoms. The molecule has 1 N–H and O–H groups in total. The first-order chi connectivity index (χ1) is 9.40. The minimum absolute atomic E-state index is 0.747. The average Bonchev–Trinajstić information content (AvgIpc) is 2.73. The molecule has 1 saturated heterocycles. The van der Waals surface area contributed by atoms with E-state index in [1.807, 2.05) is 18.0 Å². The Morgan fingerprint density at radius 2 is 2.32 bits per heavy atom. The molecule has 0 spiro atoms. The van der Waals surface area contributed by atoms with E-state index in [-0.39, 0.29) is 0 Å². The van der Waals surface area contributed by atoms with E-state index in [2.05, 4.69) is 27.3 Å². The van der Waals surface area contributed by atoms with Gasteiger partial charge in [0.2, 0.25) is 0 Å². The Hall–Kier alpha value is -0.780. The summed E-state index contributed by atoms with van der Waals surface area (Å²) in [6.45, 7) is 4.72. The minimum atomic E-state index is 0.747. The molecular weight excluding hydrogens is 258 g/mol. The van der Waals surface area contributed by atoms with Crippen LogP contribution in [0.2, 0.25) is 0 Å². The second-order valence-corrected chi connectivity index (χ2v) is 5.87. The number of thioether (sulfide) groups is 1. The van der Waals surface area contributed by atoms with Gasteiger partial charge in [-0.25, -0.2) is 4.98 Å². The van der Waals surface area contributed by atoms with Crippen molar-refractivity contribution in [3.05, 3.63) is 23.9 Å². The molecule has 0 saturated carbocycles. The minimum Gasteiger partial charge on any atom is -0.383 e. The van der Waals surface area contributed by atoms with Gasteiger partial charge in [0.05, 0.1) is 6.61 Å². The second-order valence-electron chi connectivity index (χ2n) is 4.65. The van der Waals surface area contributed by atoms with E-state index in [0.717, 1.165) is 38.6 Å². The smallest absolute Gasteiger partial charge is 0.128 e. The van der Waals surface area contributed by atoms with Gasteiger partial charge in [-0.15, -0.1) is 0 Å². The molecule has 5 heteroatoms. The van der Waals surface area contributed by atoms with Crippen molar-refractivity contribution in [2.45, 2.75) is 13.0 Å². The van der Waals surface area contributed by atoms with E-state index in [9.17, 15) is 0 Å². The molecule has 1 aromatic rings. The van der Waals surface area contributed by atoms with E-state index in [4.69, 9.17) is 4.74 Å². The number of nitrogens with zero attached hydrogens (tertiary/aromatic N) is 2. The predicted molar refractivity (Wildman–Crippen MR) is 82.0 cm³/mol. The first-order valence-electron chi connectivity index (χ1n) is 6.87. The quantitative estimate of drug-likeness (QED) is 0.804. The number of hydrogen-bond acceptors (Lipinski definition) is 5. The summed E-state index contributed by atoms with van der Waals surface area (Å²) in [5.74, 6) is 3.60. The number of rotatable bonds is 6. The van der Waals surface area contributed by atoms with Crippen molar-refractivity contribution in [2.75, 3.05) is 49.8 Å². The third kappa shape index (κ3) is 5.01. The van der Waals surface area contributed by atoms with Crippen molar-refractivity contribution in [3.63, 3.8) is 0 Å². The van der Waals surface area contributed by atoms with Gasteiger partial charge in [0.25, 0.3) is 0 Å². The monoisotopic (exact) mass is 281 g/mol. The van der Waals surface area contributed by atoms with Gasteiger partial charge in [0.15, 0.2) is 0 Å². The number of aromatic nitrogens is 1. The number of nitrogens with one attached hydrogen (secondary N) is 1. The zero-order valence-electron chi connectivity index (χ0n) is 11.6. The first kappa shape index (κ1) is 14.6. The van der Waals surface area contributed by atoms with Crippen LogP contribution >= 0.6 is 11.8 Å². The van der Waals surface area contributed by atoms with Crippen LogP contribution in [0.5, 0.6) is 0 Å². The fraction of sp³-hybridized carbons (Fsp3) is 0.643. The summed E-state index contributed by atoms with van der Waals surface area (Å²) in [6, 6.07) is 4.31. The number of ether oxygens (including phenoxy) is 1. The van der Waals surface area contributed by atoms with E-state index < -0.39 is 0 Å². The maximum absolute atomic E-state index is 5.00. The highest BCUT2D eigenvalue weighted by atomic mass is 32.2. The Labute approximate surface area is 119 Å². The molecule has 2 heterocycles. The van der Waals surface area contributed by atoms with Crippen molar-refractivity contribution < 1.29 is 4.74 Å². The number of anilines is 1. The van der Waals surface area contributed by atoms with Crippen LogP contribution in [0.4, 0.5) is 5.82 Å². The summed E-state index contributed by atoms with van der Waals surface area (Å²) in [6.07, 6.45) is 3.24. The lowest BCUT2D eigenvalue weighted by Gasteiger charge is -2.21. The maximum Gasteiger partial charge on any atom is 0.128 e. The summed E-state index contributed by atoms with van der Waals surface area (Å²) in [4.78, 5) is 6.98. The van der Waals surface area contributed by atoms with Gasteiger partial charge in [0, 0.05) is 45.2 Å². The van der Waals surface area contributed by atoms with Crippen molar-refractivity contribution in [2.24, 2.45) is 0 Å². The van der Waals surface area contributed by atoms with E-state index in [1.165, 1.54) is 23.5 Å². The van der Waals surface area contributed by atoms with Crippen LogP contribution in [0.15, 0.2) is 18.3 Å². The molecule has 0 radical (unpaired) electrons. The largest absolute Gasteiger partial charge is 0.383 e. The van der Waals surface area contributed by atoms with Crippen molar-refractivity contribution in [1.82, 2.24) is 10.3 Å². The molecule has 106 valence electrons. The third-order valence-electron chi connectivity index (χ3n) is 3.17. The fourth-order valence-electron chi connectivity index (χ4n) is 2.09. The molecule has 1 fully saturated rings. The van der Waals surface area contributed by atoms with E-state index in [1.54, 1.807) is 7.11 Å². The highest BCUT2D eigenvalue weighted by Gasteiger charge is 2.10. The molecule has 1 aliphatic heterocycles. The Kier molecular flexibility index (Phi) is 6.47. The van der Waals surface area contributed by atoms with Gasteiger partial charge < -0.3 is 15.0 Å². The molecule has 0 atom stereocenters. The zero-order chi connectivity index (χ0) is 13.3. The average molecular weight is 281 g/mol. The molecule has 0 unspecified atom stereocenters. The lowest BCUT2D eigenvalue weighted by molar-refractivity contribution is 0.199. The standard InChI is InChI=1S/C14H23N3OS/c1-18-8-5-15-11-13-3-4-14(16-12-13)17-6-2-9-19-10-7-17/h3-4,12,15H,2,5-11H2,1H3. The fourth-order valence-corrected chi connectivity index (χ4v) is 2.98. The SMILES string of the molecule is COCCNCc1ccc(N2CCCSCC2)nc1. The molecular formula is C14H23N3OS. The number of methoxy groups -OCH3 is 1. The summed E-state index contributed by atoms with van der Waals surface area (Å²) in [5.41, 5.74) is 1.23. The highest BCUT2D eigenvalue weighted by molar-refractivity contribution is 7.99. The zero-order valence-corrected chi connectivity index (χ0v) is 12.4. The van der Waals surface area contributed by atoms with Crippen LogP contribution in [0.25, 0.3) is 0 Å². The summed E-state index contributed by atoms with van der Waals surface area (Å²) in [7, 11) is 1.72. The van der Waals surface area contributed by atoms with E-state index in [0.29, 0.717) is 0 Å². The molecule has 1 aliphatic rings. The van der Waals surface area contributed by atoms with Crippen LogP contribution in [0, 0.1) is 0 Å². The molecule has 19 heavy (non-hydrogen) atoms. The molecule has 4 nitrogen and oxygen atoms in total.